The first-order valence-corrected chi connectivity index (χ1v) is 12.0. The van der Waals surface area contributed by atoms with Crippen LogP contribution in [0, 0.1) is 4.77 Å². The first-order valence-electron chi connectivity index (χ1n) is 9.81. The van der Waals surface area contributed by atoms with Crippen molar-refractivity contribution in [3.63, 3.8) is 0 Å². The third-order valence-electron chi connectivity index (χ3n) is 5.58. The minimum absolute atomic E-state index is 0.0808. The van der Waals surface area contributed by atoms with Crippen LogP contribution >= 0.6 is 12.2 Å². The predicted molar refractivity (Wildman–Crippen MR) is 115 cm³/mol. The maximum Gasteiger partial charge on any atom is 0.198 e. The van der Waals surface area contributed by atoms with Gasteiger partial charge in [0, 0.05) is 36.9 Å². The van der Waals surface area contributed by atoms with Gasteiger partial charge < -0.3 is 8.98 Å². The summed E-state index contributed by atoms with van der Waals surface area (Å²) in [6.07, 6.45) is 1.44. The molecule has 1 saturated heterocycles. The number of hydrogen-bond donors (Lipinski definition) is 0. The van der Waals surface area contributed by atoms with Crippen molar-refractivity contribution in [2.24, 2.45) is 7.05 Å². The molecule has 0 bridgehead atoms. The van der Waals surface area contributed by atoms with Gasteiger partial charge in [0.05, 0.1) is 18.2 Å². The van der Waals surface area contributed by atoms with Gasteiger partial charge in [0.1, 0.15) is 17.2 Å². The number of rotatable bonds is 6. The fourth-order valence-electron chi connectivity index (χ4n) is 4.11. The number of aryl methyl sites for hydroxylation is 1. The van der Waals surface area contributed by atoms with Gasteiger partial charge in [-0.3, -0.25) is 4.90 Å². The quantitative estimate of drug-likeness (QED) is 0.555. The predicted octanol–water partition coefficient (Wildman–Crippen LogP) is 3.25. The molecular formula is C20H26N4O3S2. The second-order valence-corrected chi connectivity index (χ2v) is 10.4. The summed E-state index contributed by atoms with van der Waals surface area (Å²) in [5.74, 6) is 2.06. The van der Waals surface area contributed by atoms with Gasteiger partial charge in [0.2, 0.25) is 0 Å². The van der Waals surface area contributed by atoms with Gasteiger partial charge in [-0.1, -0.05) is 25.1 Å². The molecule has 1 atom stereocenters. The number of para-hydroxylation sites is 1. The molecule has 0 aliphatic carbocycles. The molecule has 1 aliphatic rings. The lowest BCUT2D eigenvalue weighted by Crippen LogP contribution is -2.23. The smallest absolute Gasteiger partial charge is 0.198 e. The van der Waals surface area contributed by atoms with E-state index >= 15 is 0 Å². The van der Waals surface area contributed by atoms with E-state index in [2.05, 4.69) is 23.0 Å². The first-order chi connectivity index (χ1) is 13.8. The highest BCUT2D eigenvalue weighted by Crippen LogP contribution is 2.29. The lowest BCUT2D eigenvalue weighted by atomic mass is 10.1. The van der Waals surface area contributed by atoms with Gasteiger partial charge in [0.25, 0.3) is 0 Å². The van der Waals surface area contributed by atoms with Crippen LogP contribution in [0.2, 0.25) is 0 Å². The molecular weight excluding hydrogens is 408 g/mol. The highest BCUT2D eigenvalue weighted by atomic mass is 32.2. The number of fused-ring (bicyclic) bond motifs is 1. The Hall–Kier alpha value is -1.97. The van der Waals surface area contributed by atoms with Crippen molar-refractivity contribution in [1.29, 1.82) is 0 Å². The van der Waals surface area contributed by atoms with E-state index in [9.17, 15) is 8.42 Å². The van der Waals surface area contributed by atoms with E-state index in [1.807, 2.05) is 36.9 Å². The Bertz CT molecular complexity index is 1210. The Labute approximate surface area is 175 Å². The first kappa shape index (κ1) is 20.3. The van der Waals surface area contributed by atoms with Crippen LogP contribution in [0.5, 0.6) is 0 Å². The molecule has 9 heteroatoms. The fourth-order valence-corrected chi connectivity index (χ4v) is 6.04. The summed E-state index contributed by atoms with van der Waals surface area (Å²) in [5.41, 5.74) is 2.10. The van der Waals surface area contributed by atoms with Crippen molar-refractivity contribution in [3.8, 4) is 0 Å². The second kappa shape index (κ2) is 7.70. The monoisotopic (exact) mass is 434 g/mol. The normalized spacial score (nSPS) is 18.8. The molecule has 1 aromatic carbocycles. The van der Waals surface area contributed by atoms with Gasteiger partial charge in [-0.2, -0.15) is 5.10 Å². The van der Waals surface area contributed by atoms with E-state index in [0.29, 0.717) is 24.4 Å². The molecule has 3 heterocycles. The molecule has 0 saturated carbocycles. The molecule has 0 spiro atoms. The summed E-state index contributed by atoms with van der Waals surface area (Å²) < 4.78 is 33.9. The number of hydrogen-bond acceptors (Lipinski definition) is 6. The van der Waals surface area contributed by atoms with Crippen LogP contribution in [0.1, 0.15) is 36.4 Å². The molecule has 0 N–H and O–H groups in total. The summed E-state index contributed by atoms with van der Waals surface area (Å²) in [5, 5.41) is 5.81. The summed E-state index contributed by atoms with van der Waals surface area (Å²) in [6.45, 7) is 3.33. The molecule has 1 unspecified atom stereocenters. The second-order valence-electron chi connectivity index (χ2n) is 7.81. The van der Waals surface area contributed by atoms with Crippen LogP contribution in [0.3, 0.4) is 0 Å². The number of sulfone groups is 1. The van der Waals surface area contributed by atoms with Crippen LogP contribution in [-0.4, -0.2) is 46.2 Å². The van der Waals surface area contributed by atoms with E-state index in [0.717, 1.165) is 29.0 Å². The average molecular weight is 435 g/mol. The maximum atomic E-state index is 11.9. The number of nitrogens with zero attached hydrogens (tertiary/aromatic N) is 4. The molecule has 0 amide bonds. The van der Waals surface area contributed by atoms with Crippen LogP contribution in [0.15, 0.2) is 28.7 Å². The highest BCUT2D eigenvalue weighted by Gasteiger charge is 2.32. The molecule has 29 heavy (non-hydrogen) atoms. The molecule has 7 nitrogen and oxygen atoms in total. The summed E-state index contributed by atoms with van der Waals surface area (Å²) >= 11 is 5.57. The molecule has 0 radical (unpaired) electrons. The van der Waals surface area contributed by atoms with Crippen molar-refractivity contribution in [3.05, 3.63) is 46.2 Å². The van der Waals surface area contributed by atoms with Crippen LogP contribution in [0.4, 0.5) is 0 Å². The van der Waals surface area contributed by atoms with E-state index in [1.54, 1.807) is 4.68 Å². The van der Waals surface area contributed by atoms with Crippen LogP contribution in [-0.2, 0) is 36.5 Å². The van der Waals surface area contributed by atoms with Gasteiger partial charge >= 0.3 is 0 Å². The van der Waals surface area contributed by atoms with Crippen molar-refractivity contribution in [1.82, 2.24) is 19.2 Å². The van der Waals surface area contributed by atoms with Crippen molar-refractivity contribution < 1.29 is 12.8 Å². The van der Waals surface area contributed by atoms with Crippen molar-refractivity contribution in [2.75, 3.05) is 18.6 Å². The van der Waals surface area contributed by atoms with Crippen LogP contribution < -0.4 is 0 Å². The Morgan fingerprint density at radius 2 is 2.10 bits per heavy atom. The van der Waals surface area contributed by atoms with E-state index in [4.69, 9.17) is 16.6 Å². The van der Waals surface area contributed by atoms with Gasteiger partial charge in [0.15, 0.2) is 14.6 Å². The zero-order valence-corrected chi connectivity index (χ0v) is 18.6. The topological polar surface area (TPSA) is 73.3 Å². The van der Waals surface area contributed by atoms with Crippen molar-refractivity contribution in [2.45, 2.75) is 38.9 Å². The van der Waals surface area contributed by atoms with Gasteiger partial charge in [-0.05, 0) is 31.8 Å². The van der Waals surface area contributed by atoms with E-state index < -0.39 is 9.84 Å². The third-order valence-corrected chi connectivity index (χ3v) is 7.83. The van der Waals surface area contributed by atoms with Gasteiger partial charge in [-0.15, -0.1) is 0 Å². The lowest BCUT2D eigenvalue weighted by Gasteiger charge is -2.16. The van der Waals surface area contributed by atoms with Crippen molar-refractivity contribution >= 4 is 33.0 Å². The summed E-state index contributed by atoms with van der Waals surface area (Å²) in [4.78, 5) is 2.15. The van der Waals surface area contributed by atoms with E-state index in [-0.39, 0.29) is 17.4 Å². The SMILES string of the molecule is CCc1oc2ccccc2c1CN(C)Cn1nc(C2CCS(=O)(=O)C2)n(C)c1=S. The largest absolute Gasteiger partial charge is 0.461 e. The van der Waals surface area contributed by atoms with Gasteiger partial charge in [-0.25, -0.2) is 13.1 Å². The van der Waals surface area contributed by atoms with E-state index in [1.165, 1.54) is 5.56 Å². The lowest BCUT2D eigenvalue weighted by molar-refractivity contribution is 0.242. The standard InChI is InChI=1S/C20H26N4O3S2/c1-4-17-16(15-7-5-6-8-18(15)27-17)11-22(2)13-24-20(28)23(3)19(21-24)14-9-10-29(25,26)12-14/h5-8,14H,4,9-13H2,1-3H3. The molecule has 4 rings (SSSR count). The van der Waals surface area contributed by atoms with Crippen LogP contribution in [0.25, 0.3) is 11.0 Å². The molecule has 1 aliphatic heterocycles. The molecule has 156 valence electrons. The number of furan rings is 1. The molecule has 2 aromatic heterocycles. The fraction of sp³-hybridized carbons (Fsp3) is 0.500. The summed E-state index contributed by atoms with van der Waals surface area (Å²) in [7, 11) is 0.924. The molecule has 1 fully saturated rings. The average Bonchev–Trinajstić information content (AvgIpc) is 3.31. The zero-order chi connectivity index (χ0) is 20.8. The highest BCUT2D eigenvalue weighted by molar-refractivity contribution is 7.91. The summed E-state index contributed by atoms with van der Waals surface area (Å²) in [6, 6.07) is 8.09. The minimum atomic E-state index is -2.97. The number of benzene rings is 1. The Morgan fingerprint density at radius 1 is 1.34 bits per heavy atom. The Kier molecular flexibility index (Phi) is 5.39. The Morgan fingerprint density at radius 3 is 2.79 bits per heavy atom. The Balaban J connectivity index is 1.56. The zero-order valence-electron chi connectivity index (χ0n) is 17.0. The molecule has 3 aromatic rings. The maximum absolute atomic E-state index is 11.9. The third kappa shape index (κ3) is 3.91. The minimum Gasteiger partial charge on any atom is -0.461 e. The number of aromatic nitrogens is 3.